The normalized spacial score (nSPS) is 20.6. The summed E-state index contributed by atoms with van der Waals surface area (Å²) in [5, 5.41) is 17.3. The van der Waals surface area contributed by atoms with E-state index in [9.17, 15) is 9.90 Å². The Kier molecular flexibility index (Phi) is 4.43. The molecule has 156 valence electrons. The molecule has 3 aromatic rings. The molecule has 0 unspecified atom stereocenters. The minimum atomic E-state index is -0.596. The molecule has 0 atom stereocenters. The second kappa shape index (κ2) is 7.13. The summed E-state index contributed by atoms with van der Waals surface area (Å²) in [6.45, 7) is 0. The van der Waals surface area contributed by atoms with Gasteiger partial charge in [0.25, 0.3) is 5.91 Å². The van der Waals surface area contributed by atoms with Crippen molar-refractivity contribution >= 4 is 28.9 Å². The van der Waals surface area contributed by atoms with Crippen LogP contribution in [0.1, 0.15) is 36.0 Å². The van der Waals surface area contributed by atoms with Crippen LogP contribution in [0.25, 0.3) is 5.65 Å². The van der Waals surface area contributed by atoms with Gasteiger partial charge in [-0.3, -0.25) is 4.79 Å². The second-order valence-corrected chi connectivity index (χ2v) is 7.85. The van der Waals surface area contributed by atoms with Crippen molar-refractivity contribution in [3.63, 3.8) is 0 Å². The monoisotopic (exact) mass is 409 g/mol. The van der Waals surface area contributed by atoms with Crippen LogP contribution in [0, 0.1) is 0 Å². The molecule has 3 heterocycles. The van der Waals surface area contributed by atoms with Crippen LogP contribution in [0.4, 0.5) is 17.3 Å². The molecule has 2 aliphatic rings. The molecule has 10 nitrogen and oxygen atoms in total. The number of rotatable bonds is 7. The highest BCUT2D eigenvalue weighted by atomic mass is 16.5. The first kappa shape index (κ1) is 18.6. The Morgan fingerprint density at radius 1 is 1.40 bits per heavy atom. The quantitative estimate of drug-likeness (QED) is 0.535. The van der Waals surface area contributed by atoms with Crippen molar-refractivity contribution in [2.75, 3.05) is 17.3 Å². The molecule has 0 radical (unpaired) electrons. The van der Waals surface area contributed by atoms with E-state index in [1.807, 2.05) is 30.1 Å². The highest BCUT2D eigenvalue weighted by Gasteiger charge is 2.32. The van der Waals surface area contributed by atoms with E-state index >= 15 is 0 Å². The smallest absolute Gasteiger partial charge is 0.254 e. The molecule has 0 saturated heterocycles. The molecule has 2 aliphatic carbocycles. The first-order chi connectivity index (χ1) is 14.5. The zero-order valence-electron chi connectivity index (χ0n) is 16.5. The molecule has 10 heteroatoms. The van der Waals surface area contributed by atoms with Crippen molar-refractivity contribution < 1.29 is 14.6 Å². The SMILES string of the molecule is CN(c1cc(Nc2cccnc2OC2CC2)nc2c(C(N)=O)cnn12)C1CC(O)C1. The number of nitrogens with one attached hydrogen (secondary N) is 1. The van der Waals surface area contributed by atoms with E-state index in [4.69, 9.17) is 10.5 Å². The molecule has 0 bridgehead atoms. The van der Waals surface area contributed by atoms with Gasteiger partial charge in [0.05, 0.1) is 12.3 Å². The molecule has 30 heavy (non-hydrogen) atoms. The summed E-state index contributed by atoms with van der Waals surface area (Å²) >= 11 is 0. The average Bonchev–Trinajstić information content (AvgIpc) is 3.41. The summed E-state index contributed by atoms with van der Waals surface area (Å²) in [5.41, 5.74) is 6.82. The summed E-state index contributed by atoms with van der Waals surface area (Å²) < 4.78 is 7.48. The maximum atomic E-state index is 11.9. The summed E-state index contributed by atoms with van der Waals surface area (Å²) in [6, 6.07) is 5.71. The van der Waals surface area contributed by atoms with Crippen LogP contribution in [0.2, 0.25) is 0 Å². The molecule has 0 aliphatic heterocycles. The van der Waals surface area contributed by atoms with Crippen LogP contribution in [0.15, 0.2) is 30.6 Å². The van der Waals surface area contributed by atoms with Gasteiger partial charge in [0.2, 0.25) is 5.88 Å². The third kappa shape index (κ3) is 3.39. The predicted molar refractivity (Wildman–Crippen MR) is 110 cm³/mol. The number of hydrogen-bond acceptors (Lipinski definition) is 8. The van der Waals surface area contributed by atoms with E-state index in [-0.39, 0.29) is 23.8 Å². The lowest BCUT2D eigenvalue weighted by molar-refractivity contribution is 0.0747. The van der Waals surface area contributed by atoms with E-state index in [0.717, 1.165) is 18.7 Å². The Bertz CT molecular complexity index is 1100. The van der Waals surface area contributed by atoms with Gasteiger partial charge < -0.3 is 25.8 Å². The van der Waals surface area contributed by atoms with E-state index < -0.39 is 5.91 Å². The highest BCUT2D eigenvalue weighted by molar-refractivity contribution is 5.99. The number of primary amides is 1. The first-order valence-electron chi connectivity index (χ1n) is 9.98. The van der Waals surface area contributed by atoms with Crippen LogP contribution >= 0.6 is 0 Å². The summed E-state index contributed by atoms with van der Waals surface area (Å²) in [6.07, 6.45) is 6.43. The van der Waals surface area contributed by atoms with Crippen LogP contribution in [-0.2, 0) is 0 Å². The van der Waals surface area contributed by atoms with Crippen LogP contribution < -0.4 is 20.7 Å². The van der Waals surface area contributed by atoms with Crippen molar-refractivity contribution in [3.8, 4) is 5.88 Å². The van der Waals surface area contributed by atoms with Gasteiger partial charge in [-0.15, -0.1) is 0 Å². The summed E-state index contributed by atoms with van der Waals surface area (Å²) in [4.78, 5) is 22.8. The minimum Gasteiger partial charge on any atom is -0.473 e. The van der Waals surface area contributed by atoms with Gasteiger partial charge >= 0.3 is 0 Å². The molecule has 4 N–H and O–H groups in total. The molecule has 0 aromatic carbocycles. The Hall–Kier alpha value is -3.40. The molecule has 2 fully saturated rings. The third-order valence-electron chi connectivity index (χ3n) is 5.55. The number of aromatic nitrogens is 4. The van der Waals surface area contributed by atoms with Crippen LogP contribution in [0.5, 0.6) is 5.88 Å². The number of aliphatic hydroxyl groups excluding tert-OH is 1. The largest absolute Gasteiger partial charge is 0.473 e. The zero-order chi connectivity index (χ0) is 20.8. The highest BCUT2D eigenvalue weighted by Crippen LogP contribution is 2.34. The number of hydrogen-bond donors (Lipinski definition) is 3. The molecule has 5 rings (SSSR count). The minimum absolute atomic E-state index is 0.173. The number of fused-ring (bicyclic) bond motifs is 1. The van der Waals surface area contributed by atoms with Gasteiger partial charge in [0, 0.05) is 25.4 Å². The van der Waals surface area contributed by atoms with E-state index in [1.165, 1.54) is 6.20 Å². The fraction of sp³-hybridized carbons (Fsp3) is 0.400. The number of carbonyl (C=O) groups excluding carboxylic acids is 1. The van der Waals surface area contributed by atoms with Gasteiger partial charge in [-0.2, -0.15) is 9.61 Å². The number of ether oxygens (including phenoxy) is 1. The van der Waals surface area contributed by atoms with Crippen LogP contribution in [-0.4, -0.2) is 55.9 Å². The van der Waals surface area contributed by atoms with Crippen molar-refractivity contribution in [1.29, 1.82) is 0 Å². The van der Waals surface area contributed by atoms with Crippen LogP contribution in [0.3, 0.4) is 0 Å². The molecule has 0 spiro atoms. The first-order valence-corrected chi connectivity index (χ1v) is 9.98. The molecular formula is C20H23N7O3. The molecule has 3 aromatic heterocycles. The Balaban J connectivity index is 1.55. The Labute approximate surface area is 172 Å². The maximum Gasteiger partial charge on any atom is 0.254 e. The van der Waals surface area contributed by atoms with Crippen molar-refractivity contribution in [1.82, 2.24) is 19.6 Å². The number of carbonyl (C=O) groups is 1. The second-order valence-electron chi connectivity index (χ2n) is 7.85. The van der Waals surface area contributed by atoms with E-state index in [1.54, 1.807) is 10.7 Å². The average molecular weight is 409 g/mol. The lowest BCUT2D eigenvalue weighted by Crippen LogP contribution is -2.46. The van der Waals surface area contributed by atoms with Gasteiger partial charge in [-0.1, -0.05) is 0 Å². The molecule has 1 amide bonds. The Morgan fingerprint density at radius 3 is 2.90 bits per heavy atom. The lowest BCUT2D eigenvalue weighted by Gasteiger charge is -2.39. The van der Waals surface area contributed by atoms with E-state index in [2.05, 4.69) is 20.4 Å². The number of aliphatic hydroxyl groups is 1. The summed E-state index contributed by atoms with van der Waals surface area (Å²) in [5.74, 6) is 1.17. The lowest BCUT2D eigenvalue weighted by atomic mass is 9.88. The topological polar surface area (TPSA) is 131 Å². The fourth-order valence-corrected chi connectivity index (χ4v) is 3.56. The number of nitrogens with zero attached hydrogens (tertiary/aromatic N) is 5. The third-order valence-corrected chi connectivity index (χ3v) is 5.55. The summed E-state index contributed by atoms with van der Waals surface area (Å²) in [7, 11) is 1.94. The van der Waals surface area contributed by atoms with Crippen molar-refractivity contribution in [2.45, 2.75) is 43.9 Å². The number of anilines is 3. The number of nitrogens with two attached hydrogens (primary N) is 1. The van der Waals surface area contributed by atoms with Gasteiger partial charge in [-0.25, -0.2) is 9.97 Å². The number of pyridine rings is 1. The predicted octanol–water partition coefficient (Wildman–Crippen LogP) is 1.47. The fourth-order valence-electron chi connectivity index (χ4n) is 3.56. The molecule has 2 saturated carbocycles. The van der Waals surface area contributed by atoms with Gasteiger partial charge in [-0.05, 0) is 37.8 Å². The van der Waals surface area contributed by atoms with Crippen molar-refractivity contribution in [3.05, 3.63) is 36.2 Å². The van der Waals surface area contributed by atoms with E-state index in [0.29, 0.717) is 35.9 Å². The molecular weight excluding hydrogens is 386 g/mol. The number of amides is 1. The Morgan fingerprint density at radius 2 is 2.20 bits per heavy atom. The van der Waals surface area contributed by atoms with Crippen molar-refractivity contribution in [2.24, 2.45) is 5.73 Å². The standard InChI is InChI=1S/C20H23N7O3/c1-26(11-7-12(28)8-11)17-9-16(25-19-14(18(21)29)10-23-27(17)19)24-15-3-2-6-22-20(15)30-13-4-5-13/h2-3,6,9-13,28H,4-5,7-8H2,1H3,(H2,21,29)(H,24,25). The van der Waals surface area contributed by atoms with Gasteiger partial charge in [0.1, 0.15) is 29.0 Å². The maximum absolute atomic E-state index is 11.9. The van der Waals surface area contributed by atoms with Gasteiger partial charge in [0.15, 0.2) is 5.65 Å². The zero-order valence-corrected chi connectivity index (χ0v) is 16.5.